The van der Waals surface area contributed by atoms with E-state index in [1.165, 1.54) is 0 Å². The van der Waals surface area contributed by atoms with Crippen molar-refractivity contribution in [3.05, 3.63) is 41.7 Å². The highest BCUT2D eigenvalue weighted by Crippen LogP contribution is 2.33. The van der Waals surface area contributed by atoms with Crippen LogP contribution in [0.15, 0.2) is 30.5 Å². The first-order valence-electron chi connectivity index (χ1n) is 10.0. The van der Waals surface area contributed by atoms with Gasteiger partial charge in [0.2, 0.25) is 5.91 Å². The fraction of sp³-hybridized carbons (Fsp3) is 0.524. The van der Waals surface area contributed by atoms with Gasteiger partial charge < -0.3 is 19.7 Å². The highest BCUT2D eigenvalue weighted by molar-refractivity contribution is 5.76. The fourth-order valence-electron chi connectivity index (χ4n) is 4.09. The topological polar surface area (TPSA) is 68.6 Å². The number of rotatable bonds is 4. The number of methoxy groups -OCH3 is 1. The number of carbonyl (C=O) groups is 1. The van der Waals surface area contributed by atoms with Crippen LogP contribution in [0.25, 0.3) is 0 Å². The van der Waals surface area contributed by atoms with E-state index in [0.29, 0.717) is 31.4 Å². The van der Waals surface area contributed by atoms with Gasteiger partial charge in [-0.2, -0.15) is 5.10 Å². The Morgan fingerprint density at radius 3 is 3.11 bits per heavy atom. The van der Waals surface area contributed by atoms with E-state index >= 15 is 0 Å². The van der Waals surface area contributed by atoms with Crippen LogP contribution in [-0.4, -0.2) is 53.9 Å². The lowest BCUT2D eigenvalue weighted by Gasteiger charge is -2.28. The Hall–Kier alpha value is -2.54. The van der Waals surface area contributed by atoms with Crippen molar-refractivity contribution in [3.63, 3.8) is 0 Å². The van der Waals surface area contributed by atoms with E-state index in [2.05, 4.69) is 10.4 Å². The number of benzene rings is 1. The first-order valence-corrected chi connectivity index (χ1v) is 10.0. The molecule has 1 amide bonds. The van der Waals surface area contributed by atoms with Crippen molar-refractivity contribution < 1.29 is 14.3 Å². The quantitative estimate of drug-likeness (QED) is 0.875. The molecule has 0 bridgehead atoms. The molecule has 7 heteroatoms. The van der Waals surface area contributed by atoms with Gasteiger partial charge in [-0.3, -0.25) is 9.48 Å². The molecular formula is C21H28N4O3. The molecule has 0 spiro atoms. The Morgan fingerprint density at radius 2 is 2.29 bits per heavy atom. The number of hydrogen-bond acceptors (Lipinski definition) is 5. The van der Waals surface area contributed by atoms with Crippen molar-refractivity contribution in [3.8, 4) is 11.5 Å². The largest absolute Gasteiger partial charge is 0.493 e. The van der Waals surface area contributed by atoms with Gasteiger partial charge in [0.1, 0.15) is 6.54 Å². The van der Waals surface area contributed by atoms with Gasteiger partial charge in [-0.05, 0) is 37.9 Å². The van der Waals surface area contributed by atoms with Crippen LogP contribution in [0.1, 0.15) is 36.4 Å². The minimum atomic E-state index is 0.0874. The zero-order valence-electron chi connectivity index (χ0n) is 16.4. The van der Waals surface area contributed by atoms with Crippen molar-refractivity contribution in [1.29, 1.82) is 0 Å². The lowest BCUT2D eigenvalue weighted by Crippen LogP contribution is -2.37. The van der Waals surface area contributed by atoms with Crippen molar-refractivity contribution in [1.82, 2.24) is 20.0 Å². The third-order valence-corrected chi connectivity index (χ3v) is 5.56. The molecule has 2 aliphatic rings. The van der Waals surface area contributed by atoms with E-state index in [-0.39, 0.29) is 12.5 Å². The summed E-state index contributed by atoms with van der Waals surface area (Å²) in [6.07, 6.45) is 4.90. The molecule has 0 saturated carbocycles. The summed E-state index contributed by atoms with van der Waals surface area (Å²) in [5.74, 6) is 1.97. The molecule has 28 heavy (non-hydrogen) atoms. The Kier molecular flexibility index (Phi) is 5.81. The second kappa shape index (κ2) is 8.65. The van der Waals surface area contributed by atoms with Crippen LogP contribution in [-0.2, 0) is 17.9 Å². The molecule has 1 saturated heterocycles. The van der Waals surface area contributed by atoms with Gasteiger partial charge >= 0.3 is 0 Å². The summed E-state index contributed by atoms with van der Waals surface area (Å²) in [7, 11) is 1.64. The number of para-hydroxylation sites is 1. The number of ether oxygens (including phenoxy) is 2. The predicted octanol–water partition coefficient (Wildman–Crippen LogP) is 2.17. The highest BCUT2D eigenvalue weighted by atomic mass is 16.5. The van der Waals surface area contributed by atoms with Crippen molar-refractivity contribution in [2.45, 2.75) is 38.3 Å². The summed E-state index contributed by atoms with van der Waals surface area (Å²) < 4.78 is 13.2. The highest BCUT2D eigenvalue weighted by Gasteiger charge is 2.24. The number of carbonyl (C=O) groups excluding carboxylic acids is 1. The molecule has 0 aliphatic carbocycles. The van der Waals surface area contributed by atoms with E-state index in [1.807, 2.05) is 33.8 Å². The number of fused-ring (bicyclic) bond motifs is 1. The number of aromatic nitrogens is 2. The number of piperidine rings is 1. The van der Waals surface area contributed by atoms with Crippen LogP contribution < -0.4 is 14.8 Å². The molecule has 1 N–H and O–H groups in total. The molecule has 2 aromatic rings. The van der Waals surface area contributed by atoms with Crippen LogP contribution in [0, 0.1) is 0 Å². The van der Waals surface area contributed by atoms with E-state index in [0.717, 1.165) is 49.4 Å². The molecular weight excluding hydrogens is 356 g/mol. The fourth-order valence-corrected chi connectivity index (χ4v) is 4.09. The second-order valence-electron chi connectivity index (χ2n) is 7.42. The molecule has 1 aromatic carbocycles. The lowest BCUT2D eigenvalue weighted by atomic mass is 9.96. The Bertz CT molecular complexity index is 814. The minimum Gasteiger partial charge on any atom is -0.493 e. The van der Waals surface area contributed by atoms with Crippen LogP contribution in [0.5, 0.6) is 11.5 Å². The van der Waals surface area contributed by atoms with Crippen molar-refractivity contribution in [2.75, 3.05) is 33.4 Å². The average Bonchev–Trinajstić information content (AvgIpc) is 3.16. The smallest absolute Gasteiger partial charge is 0.244 e. The van der Waals surface area contributed by atoms with Gasteiger partial charge in [-0.25, -0.2) is 0 Å². The van der Waals surface area contributed by atoms with E-state index in [1.54, 1.807) is 13.3 Å². The molecule has 1 atom stereocenters. The number of amides is 1. The molecule has 1 fully saturated rings. The Morgan fingerprint density at radius 1 is 1.36 bits per heavy atom. The number of hydrogen-bond donors (Lipinski definition) is 1. The zero-order valence-corrected chi connectivity index (χ0v) is 16.4. The van der Waals surface area contributed by atoms with Gasteiger partial charge in [0.25, 0.3) is 0 Å². The predicted molar refractivity (Wildman–Crippen MR) is 106 cm³/mol. The molecule has 1 unspecified atom stereocenters. The minimum absolute atomic E-state index is 0.0874. The first kappa shape index (κ1) is 18.8. The normalized spacial score (nSPS) is 19.9. The third kappa shape index (κ3) is 3.99. The van der Waals surface area contributed by atoms with Crippen LogP contribution >= 0.6 is 0 Å². The van der Waals surface area contributed by atoms with Crippen molar-refractivity contribution in [2.24, 2.45) is 0 Å². The number of nitrogens with one attached hydrogen (secondary N) is 1. The second-order valence-corrected chi connectivity index (χ2v) is 7.42. The SMILES string of the molecule is COc1cccc2c1OCCCN(C(=O)Cn1nccc1C1CCCNC1)C2. The summed E-state index contributed by atoms with van der Waals surface area (Å²) >= 11 is 0. The van der Waals surface area contributed by atoms with Gasteiger partial charge in [-0.15, -0.1) is 0 Å². The monoisotopic (exact) mass is 384 g/mol. The third-order valence-electron chi connectivity index (χ3n) is 5.56. The van der Waals surface area contributed by atoms with Crippen LogP contribution in [0.4, 0.5) is 0 Å². The summed E-state index contributed by atoms with van der Waals surface area (Å²) in [5, 5.41) is 7.88. The summed E-state index contributed by atoms with van der Waals surface area (Å²) in [6, 6.07) is 7.87. The molecule has 150 valence electrons. The molecule has 1 aromatic heterocycles. The van der Waals surface area contributed by atoms with E-state index in [4.69, 9.17) is 9.47 Å². The summed E-state index contributed by atoms with van der Waals surface area (Å²) in [6.45, 7) is 4.07. The summed E-state index contributed by atoms with van der Waals surface area (Å²) in [5.41, 5.74) is 2.13. The molecule has 4 rings (SSSR count). The van der Waals surface area contributed by atoms with Gasteiger partial charge in [0.15, 0.2) is 11.5 Å². The Balaban J connectivity index is 1.50. The lowest BCUT2D eigenvalue weighted by molar-refractivity contribution is -0.133. The van der Waals surface area contributed by atoms with Gasteiger partial charge in [-0.1, -0.05) is 12.1 Å². The van der Waals surface area contributed by atoms with Crippen molar-refractivity contribution >= 4 is 5.91 Å². The molecule has 0 radical (unpaired) electrons. The number of nitrogens with zero attached hydrogens (tertiary/aromatic N) is 3. The molecule has 2 aliphatic heterocycles. The molecule has 3 heterocycles. The Labute approximate surface area is 165 Å². The van der Waals surface area contributed by atoms with E-state index < -0.39 is 0 Å². The maximum atomic E-state index is 13.1. The van der Waals surface area contributed by atoms with E-state index in [9.17, 15) is 4.79 Å². The first-order chi connectivity index (χ1) is 13.8. The van der Waals surface area contributed by atoms with Crippen LogP contribution in [0.2, 0.25) is 0 Å². The average molecular weight is 384 g/mol. The van der Waals surface area contributed by atoms with Gasteiger partial charge in [0, 0.05) is 43.0 Å². The standard InChI is InChI=1S/C21H28N4O3/c1-27-19-7-2-5-17-14-24(11-4-12-28-21(17)19)20(26)15-25-18(8-10-23-25)16-6-3-9-22-13-16/h2,5,7-8,10,16,22H,3-4,6,9,11-15H2,1H3. The maximum absolute atomic E-state index is 13.1. The summed E-state index contributed by atoms with van der Waals surface area (Å²) in [4.78, 5) is 15.0. The maximum Gasteiger partial charge on any atom is 0.244 e. The molecule has 7 nitrogen and oxygen atoms in total. The zero-order chi connectivity index (χ0) is 19.3. The van der Waals surface area contributed by atoms with Crippen LogP contribution in [0.3, 0.4) is 0 Å². The van der Waals surface area contributed by atoms with Gasteiger partial charge in [0.05, 0.1) is 13.7 Å².